The summed E-state index contributed by atoms with van der Waals surface area (Å²) in [6.45, 7) is 3.30. The van der Waals surface area contributed by atoms with Crippen LogP contribution in [0.5, 0.6) is 11.5 Å². The van der Waals surface area contributed by atoms with E-state index < -0.39 is 17.6 Å². The number of nitrogens with one attached hydrogen (secondary N) is 1. The highest BCUT2D eigenvalue weighted by Crippen LogP contribution is 2.35. The molecule has 1 aliphatic heterocycles. The first-order chi connectivity index (χ1) is 14.4. The summed E-state index contributed by atoms with van der Waals surface area (Å²) in [6, 6.07) is 9.50. The Morgan fingerprint density at radius 3 is 2.73 bits per heavy atom. The number of rotatable bonds is 8. The van der Waals surface area contributed by atoms with Crippen LogP contribution in [0.1, 0.15) is 42.1 Å². The number of hydrogen-bond acceptors (Lipinski definition) is 4. The van der Waals surface area contributed by atoms with Gasteiger partial charge in [-0.05, 0) is 55.7 Å². The molecule has 0 bridgehead atoms. The van der Waals surface area contributed by atoms with Gasteiger partial charge in [0.05, 0.1) is 24.0 Å². The fourth-order valence-corrected chi connectivity index (χ4v) is 3.03. The minimum absolute atomic E-state index is 0.0332. The molecule has 0 aromatic heterocycles. The molecule has 1 heterocycles. The summed E-state index contributed by atoms with van der Waals surface area (Å²) < 4.78 is 56.0. The number of amides is 1. The van der Waals surface area contributed by atoms with Gasteiger partial charge in [0.1, 0.15) is 18.1 Å². The average molecular weight is 423 g/mol. The Kier molecular flexibility index (Phi) is 7.20. The lowest BCUT2D eigenvalue weighted by Gasteiger charge is -2.16. The minimum atomic E-state index is -4.53. The van der Waals surface area contributed by atoms with E-state index in [1.165, 1.54) is 6.07 Å². The maximum Gasteiger partial charge on any atom is 0.416 e. The van der Waals surface area contributed by atoms with Crippen LogP contribution in [0.25, 0.3) is 0 Å². The molecule has 1 atom stereocenters. The zero-order valence-corrected chi connectivity index (χ0v) is 16.6. The number of carbonyl (C=O) groups is 1. The Morgan fingerprint density at radius 1 is 1.20 bits per heavy atom. The van der Waals surface area contributed by atoms with Crippen molar-refractivity contribution in [1.29, 1.82) is 0 Å². The van der Waals surface area contributed by atoms with E-state index in [2.05, 4.69) is 5.32 Å². The highest BCUT2D eigenvalue weighted by Gasteiger charge is 2.31. The molecule has 0 radical (unpaired) electrons. The van der Waals surface area contributed by atoms with Gasteiger partial charge in [-0.3, -0.25) is 4.79 Å². The van der Waals surface area contributed by atoms with Crippen molar-refractivity contribution in [2.75, 3.05) is 25.1 Å². The van der Waals surface area contributed by atoms with E-state index in [1.54, 1.807) is 24.3 Å². The molecule has 0 saturated carbocycles. The monoisotopic (exact) mass is 423 g/mol. The predicted octanol–water partition coefficient (Wildman–Crippen LogP) is 5.30. The van der Waals surface area contributed by atoms with Crippen molar-refractivity contribution in [2.24, 2.45) is 0 Å². The first-order valence-corrected chi connectivity index (χ1v) is 9.86. The average Bonchev–Trinajstić information content (AvgIpc) is 3.24. The summed E-state index contributed by atoms with van der Waals surface area (Å²) in [5, 5.41) is 2.53. The van der Waals surface area contributed by atoms with Crippen molar-refractivity contribution in [3.63, 3.8) is 0 Å². The van der Waals surface area contributed by atoms with Crippen molar-refractivity contribution >= 4 is 11.6 Å². The van der Waals surface area contributed by atoms with Crippen LogP contribution in [-0.4, -0.2) is 31.8 Å². The van der Waals surface area contributed by atoms with Crippen molar-refractivity contribution in [3.05, 3.63) is 53.6 Å². The number of carbonyl (C=O) groups excluding carboxylic acids is 1. The third-order valence-corrected chi connectivity index (χ3v) is 4.57. The highest BCUT2D eigenvalue weighted by atomic mass is 19.4. The molecule has 1 aliphatic rings. The van der Waals surface area contributed by atoms with Gasteiger partial charge in [0.25, 0.3) is 5.91 Å². The van der Waals surface area contributed by atoms with Crippen molar-refractivity contribution < 1.29 is 32.2 Å². The molecule has 1 N–H and O–H groups in total. The fourth-order valence-electron chi connectivity index (χ4n) is 3.03. The summed E-state index contributed by atoms with van der Waals surface area (Å²) in [5.41, 5.74) is -0.636. The van der Waals surface area contributed by atoms with E-state index in [9.17, 15) is 18.0 Å². The fraction of sp³-hybridized carbons (Fsp3) is 0.409. The number of benzene rings is 2. The first-order valence-electron chi connectivity index (χ1n) is 9.86. The molecule has 2 aromatic rings. The predicted molar refractivity (Wildman–Crippen MR) is 106 cm³/mol. The molecular formula is C22H24F3NO4. The highest BCUT2D eigenvalue weighted by molar-refractivity contribution is 6.05. The Morgan fingerprint density at radius 2 is 2.03 bits per heavy atom. The third-order valence-electron chi connectivity index (χ3n) is 4.57. The Labute approximate surface area is 173 Å². The second-order valence-electron chi connectivity index (χ2n) is 6.99. The topological polar surface area (TPSA) is 56.8 Å². The van der Waals surface area contributed by atoms with Crippen LogP contribution < -0.4 is 14.8 Å². The number of alkyl halides is 3. The number of halogens is 3. The summed E-state index contributed by atoms with van der Waals surface area (Å²) in [6.07, 6.45) is -1.89. The normalized spacial score (nSPS) is 16.3. The molecule has 1 saturated heterocycles. The van der Waals surface area contributed by atoms with Crippen LogP contribution >= 0.6 is 0 Å². The lowest BCUT2D eigenvalue weighted by molar-refractivity contribution is -0.137. The zero-order valence-electron chi connectivity index (χ0n) is 16.6. The third kappa shape index (κ3) is 5.89. The second kappa shape index (κ2) is 9.84. The molecule has 5 nitrogen and oxygen atoms in total. The lowest BCUT2D eigenvalue weighted by atomic mass is 10.1. The van der Waals surface area contributed by atoms with E-state index in [4.69, 9.17) is 14.2 Å². The van der Waals surface area contributed by atoms with Gasteiger partial charge in [-0.25, -0.2) is 0 Å². The quantitative estimate of drug-likeness (QED) is 0.626. The molecule has 2 aromatic carbocycles. The molecule has 30 heavy (non-hydrogen) atoms. The maximum absolute atomic E-state index is 13.1. The molecule has 1 amide bonds. The summed E-state index contributed by atoms with van der Waals surface area (Å²) in [5.74, 6) is 0.117. The SMILES string of the molecule is CCCOc1ccc(C(F)(F)F)cc1NC(=O)c1cccc(OCC2CCCO2)c1. The first kappa shape index (κ1) is 22.0. The van der Waals surface area contributed by atoms with Gasteiger partial charge in [0, 0.05) is 12.2 Å². The van der Waals surface area contributed by atoms with E-state index in [0.717, 1.165) is 31.6 Å². The molecule has 1 fully saturated rings. The maximum atomic E-state index is 13.1. The van der Waals surface area contributed by atoms with Gasteiger partial charge in [0.15, 0.2) is 0 Å². The zero-order chi connectivity index (χ0) is 21.6. The summed E-state index contributed by atoms with van der Waals surface area (Å²) >= 11 is 0. The number of ether oxygens (including phenoxy) is 3. The van der Waals surface area contributed by atoms with Crippen molar-refractivity contribution in [1.82, 2.24) is 0 Å². The minimum Gasteiger partial charge on any atom is -0.491 e. The van der Waals surface area contributed by atoms with Crippen LogP contribution in [0.15, 0.2) is 42.5 Å². The van der Waals surface area contributed by atoms with Gasteiger partial charge >= 0.3 is 6.18 Å². The Bertz CT molecular complexity index is 864. The van der Waals surface area contributed by atoms with E-state index >= 15 is 0 Å². The number of hydrogen-bond donors (Lipinski definition) is 1. The van der Waals surface area contributed by atoms with Gasteiger partial charge in [-0.2, -0.15) is 13.2 Å². The molecule has 3 rings (SSSR count). The number of anilines is 1. The second-order valence-corrected chi connectivity index (χ2v) is 6.99. The molecule has 162 valence electrons. The lowest BCUT2D eigenvalue weighted by Crippen LogP contribution is -2.17. The van der Waals surface area contributed by atoms with E-state index in [0.29, 0.717) is 25.4 Å². The van der Waals surface area contributed by atoms with Crippen LogP contribution in [0, 0.1) is 0 Å². The van der Waals surface area contributed by atoms with Gasteiger partial charge in [0.2, 0.25) is 0 Å². The van der Waals surface area contributed by atoms with Crippen LogP contribution in [0.4, 0.5) is 18.9 Å². The molecule has 1 unspecified atom stereocenters. The summed E-state index contributed by atoms with van der Waals surface area (Å²) in [4.78, 5) is 12.7. The van der Waals surface area contributed by atoms with Crippen LogP contribution in [0.3, 0.4) is 0 Å². The van der Waals surface area contributed by atoms with Crippen LogP contribution in [-0.2, 0) is 10.9 Å². The molecular weight excluding hydrogens is 399 g/mol. The van der Waals surface area contributed by atoms with Crippen molar-refractivity contribution in [3.8, 4) is 11.5 Å². The largest absolute Gasteiger partial charge is 0.491 e. The summed E-state index contributed by atoms with van der Waals surface area (Å²) in [7, 11) is 0. The Hall–Kier alpha value is -2.74. The molecule has 8 heteroatoms. The Balaban J connectivity index is 1.74. The van der Waals surface area contributed by atoms with Gasteiger partial charge in [-0.15, -0.1) is 0 Å². The molecule has 0 aliphatic carbocycles. The smallest absolute Gasteiger partial charge is 0.416 e. The standard InChI is InChI=1S/C22H24F3NO4/c1-2-10-29-20-9-8-16(22(23,24)25)13-19(20)26-21(27)15-5-3-6-17(12-15)30-14-18-7-4-11-28-18/h3,5-6,8-9,12-13,18H,2,4,7,10-11,14H2,1H3,(H,26,27). The van der Waals surface area contributed by atoms with E-state index in [-0.39, 0.29) is 23.1 Å². The van der Waals surface area contributed by atoms with Gasteiger partial charge in [-0.1, -0.05) is 13.0 Å². The van der Waals surface area contributed by atoms with E-state index in [1.807, 2.05) is 6.92 Å². The van der Waals surface area contributed by atoms with Crippen molar-refractivity contribution in [2.45, 2.75) is 38.5 Å². The molecule has 0 spiro atoms. The van der Waals surface area contributed by atoms with Gasteiger partial charge < -0.3 is 19.5 Å². The van der Waals surface area contributed by atoms with Crippen LogP contribution in [0.2, 0.25) is 0 Å².